The summed E-state index contributed by atoms with van der Waals surface area (Å²) in [5, 5.41) is 12.7. The molecule has 0 atom stereocenters. The van der Waals surface area contributed by atoms with Gasteiger partial charge in [-0.1, -0.05) is 6.92 Å². The molecule has 1 aromatic rings. The van der Waals surface area contributed by atoms with Gasteiger partial charge in [-0.25, -0.2) is 0 Å². The van der Waals surface area contributed by atoms with Crippen molar-refractivity contribution in [1.82, 2.24) is 15.2 Å². The second-order valence-corrected chi connectivity index (χ2v) is 5.10. The SMILES string of the molecule is CCCN(C(=O)c1cc(O)[nH]c(=O)c1)C1CCNCC1. The van der Waals surface area contributed by atoms with E-state index < -0.39 is 5.56 Å². The van der Waals surface area contributed by atoms with Crippen molar-refractivity contribution in [3.05, 3.63) is 28.0 Å². The van der Waals surface area contributed by atoms with Gasteiger partial charge in [0, 0.05) is 24.7 Å². The maximum Gasteiger partial charge on any atom is 0.254 e. The van der Waals surface area contributed by atoms with Crippen LogP contribution < -0.4 is 10.9 Å². The molecule has 0 unspecified atom stereocenters. The average Bonchev–Trinajstić information content (AvgIpc) is 2.44. The predicted molar refractivity (Wildman–Crippen MR) is 75.9 cm³/mol. The molecule has 2 rings (SSSR count). The van der Waals surface area contributed by atoms with Crippen LogP contribution in [0.4, 0.5) is 0 Å². The van der Waals surface area contributed by atoms with Gasteiger partial charge in [0.1, 0.15) is 0 Å². The van der Waals surface area contributed by atoms with E-state index in [1.807, 2.05) is 11.8 Å². The summed E-state index contributed by atoms with van der Waals surface area (Å²) in [5.74, 6) is -0.456. The second-order valence-electron chi connectivity index (χ2n) is 5.10. The van der Waals surface area contributed by atoms with Crippen LogP contribution in [0.3, 0.4) is 0 Å². The Morgan fingerprint density at radius 1 is 1.40 bits per heavy atom. The van der Waals surface area contributed by atoms with Crippen molar-refractivity contribution in [2.75, 3.05) is 19.6 Å². The fourth-order valence-corrected chi connectivity index (χ4v) is 2.63. The summed E-state index contributed by atoms with van der Waals surface area (Å²) in [4.78, 5) is 28.0. The van der Waals surface area contributed by atoms with Gasteiger partial charge < -0.3 is 15.3 Å². The van der Waals surface area contributed by atoms with Crippen LogP contribution in [-0.4, -0.2) is 46.6 Å². The minimum Gasteiger partial charge on any atom is -0.494 e. The molecule has 1 aliphatic heterocycles. The van der Waals surface area contributed by atoms with E-state index in [9.17, 15) is 14.7 Å². The zero-order valence-corrected chi connectivity index (χ0v) is 11.7. The topological polar surface area (TPSA) is 85.4 Å². The number of rotatable bonds is 4. The third-order valence-corrected chi connectivity index (χ3v) is 3.55. The van der Waals surface area contributed by atoms with E-state index in [-0.39, 0.29) is 23.4 Å². The lowest BCUT2D eigenvalue weighted by atomic mass is 10.0. The third-order valence-electron chi connectivity index (χ3n) is 3.55. The molecule has 0 radical (unpaired) electrons. The number of aromatic nitrogens is 1. The zero-order valence-electron chi connectivity index (χ0n) is 11.7. The van der Waals surface area contributed by atoms with E-state index >= 15 is 0 Å². The summed E-state index contributed by atoms with van der Waals surface area (Å²) in [5.41, 5.74) is -0.214. The van der Waals surface area contributed by atoms with E-state index in [1.165, 1.54) is 12.1 Å². The van der Waals surface area contributed by atoms with E-state index in [0.29, 0.717) is 6.54 Å². The Kier molecular flexibility index (Phi) is 4.79. The number of hydrogen-bond donors (Lipinski definition) is 3. The Balaban J connectivity index is 2.23. The maximum absolute atomic E-state index is 12.6. The molecule has 1 amide bonds. The predicted octanol–water partition coefficient (Wildman–Crippen LogP) is 0.685. The first kappa shape index (κ1) is 14.6. The number of amides is 1. The Hall–Kier alpha value is -1.82. The van der Waals surface area contributed by atoms with Gasteiger partial charge in [-0.2, -0.15) is 0 Å². The molecule has 1 fully saturated rings. The van der Waals surface area contributed by atoms with Crippen LogP contribution >= 0.6 is 0 Å². The van der Waals surface area contributed by atoms with E-state index in [0.717, 1.165) is 32.4 Å². The summed E-state index contributed by atoms with van der Waals surface area (Å²) >= 11 is 0. The highest BCUT2D eigenvalue weighted by atomic mass is 16.3. The molecule has 20 heavy (non-hydrogen) atoms. The number of aromatic hydroxyl groups is 1. The van der Waals surface area contributed by atoms with Gasteiger partial charge in [-0.15, -0.1) is 0 Å². The fourth-order valence-electron chi connectivity index (χ4n) is 2.63. The zero-order chi connectivity index (χ0) is 14.5. The van der Waals surface area contributed by atoms with E-state index in [4.69, 9.17) is 0 Å². The molecule has 1 saturated heterocycles. The van der Waals surface area contributed by atoms with Crippen LogP contribution in [0.25, 0.3) is 0 Å². The first-order chi connectivity index (χ1) is 9.61. The van der Waals surface area contributed by atoms with Gasteiger partial charge in [-0.05, 0) is 32.4 Å². The number of pyridine rings is 1. The number of carbonyl (C=O) groups excluding carboxylic acids is 1. The minimum absolute atomic E-state index is 0.180. The first-order valence-electron chi connectivity index (χ1n) is 7.07. The van der Waals surface area contributed by atoms with Crippen LogP contribution in [0.2, 0.25) is 0 Å². The Bertz CT molecular complexity index is 521. The van der Waals surface area contributed by atoms with Crippen molar-refractivity contribution in [2.45, 2.75) is 32.2 Å². The highest BCUT2D eigenvalue weighted by Gasteiger charge is 2.25. The van der Waals surface area contributed by atoms with Crippen LogP contribution in [0.5, 0.6) is 5.88 Å². The van der Waals surface area contributed by atoms with Gasteiger partial charge in [0.2, 0.25) is 0 Å². The lowest BCUT2D eigenvalue weighted by Gasteiger charge is -2.34. The molecule has 0 aromatic carbocycles. The van der Waals surface area contributed by atoms with Crippen molar-refractivity contribution in [1.29, 1.82) is 0 Å². The van der Waals surface area contributed by atoms with Crippen LogP contribution in [0.15, 0.2) is 16.9 Å². The molecule has 1 aromatic heterocycles. The molecular formula is C14H21N3O3. The van der Waals surface area contributed by atoms with Crippen molar-refractivity contribution in [3.63, 3.8) is 0 Å². The van der Waals surface area contributed by atoms with Crippen molar-refractivity contribution in [3.8, 4) is 5.88 Å². The number of H-pyrrole nitrogens is 1. The molecule has 0 spiro atoms. The smallest absolute Gasteiger partial charge is 0.254 e. The quantitative estimate of drug-likeness (QED) is 0.757. The van der Waals surface area contributed by atoms with E-state index in [1.54, 1.807) is 0 Å². The molecule has 1 aliphatic rings. The Labute approximate surface area is 117 Å². The molecule has 6 heteroatoms. The molecule has 2 heterocycles. The largest absolute Gasteiger partial charge is 0.494 e. The summed E-state index contributed by atoms with van der Waals surface area (Å²) in [6.45, 7) is 4.49. The number of piperidine rings is 1. The van der Waals surface area contributed by atoms with Gasteiger partial charge in [0.15, 0.2) is 5.88 Å². The van der Waals surface area contributed by atoms with Crippen LogP contribution in [0.1, 0.15) is 36.5 Å². The summed E-state index contributed by atoms with van der Waals surface area (Å²) < 4.78 is 0. The third kappa shape index (κ3) is 3.39. The lowest BCUT2D eigenvalue weighted by Crippen LogP contribution is -2.46. The maximum atomic E-state index is 12.6. The first-order valence-corrected chi connectivity index (χ1v) is 7.07. The van der Waals surface area contributed by atoms with Crippen molar-refractivity contribution < 1.29 is 9.90 Å². The highest BCUT2D eigenvalue weighted by molar-refractivity contribution is 5.94. The Morgan fingerprint density at radius 2 is 2.10 bits per heavy atom. The number of carbonyl (C=O) groups is 1. The van der Waals surface area contributed by atoms with Gasteiger partial charge in [-0.3, -0.25) is 14.6 Å². The van der Waals surface area contributed by atoms with Crippen molar-refractivity contribution >= 4 is 5.91 Å². The Morgan fingerprint density at radius 3 is 2.70 bits per heavy atom. The highest BCUT2D eigenvalue weighted by Crippen LogP contribution is 2.17. The summed E-state index contributed by atoms with van der Waals surface area (Å²) in [6.07, 6.45) is 2.70. The van der Waals surface area contributed by atoms with Gasteiger partial charge >= 0.3 is 0 Å². The minimum atomic E-state index is -0.463. The average molecular weight is 279 g/mol. The second kappa shape index (κ2) is 6.56. The number of nitrogens with one attached hydrogen (secondary N) is 2. The summed E-state index contributed by atoms with van der Waals surface area (Å²) in [7, 11) is 0. The normalized spacial score (nSPS) is 16.1. The molecule has 3 N–H and O–H groups in total. The van der Waals surface area contributed by atoms with Gasteiger partial charge in [0.25, 0.3) is 11.5 Å². The molecule has 110 valence electrons. The monoisotopic (exact) mass is 279 g/mol. The number of aromatic amines is 1. The lowest BCUT2D eigenvalue weighted by molar-refractivity contribution is 0.0642. The van der Waals surface area contributed by atoms with E-state index in [2.05, 4.69) is 10.3 Å². The molecule has 6 nitrogen and oxygen atoms in total. The van der Waals surface area contributed by atoms with Crippen LogP contribution in [-0.2, 0) is 0 Å². The van der Waals surface area contributed by atoms with Crippen LogP contribution in [0, 0.1) is 0 Å². The molecule has 0 bridgehead atoms. The number of hydrogen-bond acceptors (Lipinski definition) is 4. The molecule has 0 saturated carbocycles. The summed E-state index contributed by atoms with van der Waals surface area (Å²) in [6, 6.07) is 2.75. The molecule has 0 aliphatic carbocycles. The molecular weight excluding hydrogens is 258 g/mol. The fraction of sp³-hybridized carbons (Fsp3) is 0.571. The number of nitrogens with zero attached hydrogens (tertiary/aromatic N) is 1. The van der Waals surface area contributed by atoms with Gasteiger partial charge in [0.05, 0.1) is 5.56 Å². The standard InChI is InChI=1S/C14H21N3O3/c1-2-7-17(11-3-5-15-6-4-11)14(20)10-8-12(18)16-13(19)9-10/h8-9,11,15H,2-7H2,1H3,(H2,16,18,19). The van der Waals surface area contributed by atoms with Crippen molar-refractivity contribution in [2.24, 2.45) is 0 Å².